The summed E-state index contributed by atoms with van der Waals surface area (Å²) in [7, 11) is 0. The molecule has 1 aliphatic rings. The van der Waals surface area contributed by atoms with Crippen LogP contribution >= 0.6 is 0 Å². The van der Waals surface area contributed by atoms with Gasteiger partial charge in [0.05, 0.1) is 5.92 Å². The van der Waals surface area contributed by atoms with Gasteiger partial charge in [0.25, 0.3) is 0 Å². The van der Waals surface area contributed by atoms with Crippen LogP contribution in [-0.4, -0.2) is 35.1 Å². The largest absolute Gasteiger partial charge is 0.481 e. The van der Waals surface area contributed by atoms with Crippen molar-refractivity contribution in [3.63, 3.8) is 0 Å². The first-order valence-electron chi connectivity index (χ1n) is 8.38. The second-order valence-electron chi connectivity index (χ2n) is 7.20. The van der Waals surface area contributed by atoms with Crippen molar-refractivity contribution in [3.8, 4) is 0 Å². The first kappa shape index (κ1) is 17.5. The number of hydrogen-bond acceptors (Lipinski definition) is 2. The molecule has 0 aromatic carbocycles. The fourth-order valence-corrected chi connectivity index (χ4v) is 3.13. The monoisotopic (exact) mass is 283 g/mol. The number of hydrogen-bond donors (Lipinski definition) is 1. The Bertz CT molecular complexity index is 277. The lowest BCUT2D eigenvalue weighted by Crippen LogP contribution is -2.46. The van der Waals surface area contributed by atoms with Crippen LogP contribution in [-0.2, 0) is 4.79 Å². The van der Waals surface area contributed by atoms with Crippen molar-refractivity contribution in [1.82, 2.24) is 4.90 Å². The smallest absolute Gasteiger partial charge is 0.308 e. The van der Waals surface area contributed by atoms with Crippen molar-refractivity contribution in [2.75, 3.05) is 13.1 Å². The van der Waals surface area contributed by atoms with E-state index in [9.17, 15) is 9.90 Å². The molecule has 1 saturated carbocycles. The number of nitrogens with zero attached hydrogens (tertiary/aromatic N) is 1. The van der Waals surface area contributed by atoms with Crippen molar-refractivity contribution >= 4 is 5.97 Å². The molecular formula is C17H33NO2. The zero-order valence-electron chi connectivity index (χ0n) is 13.8. The summed E-state index contributed by atoms with van der Waals surface area (Å²) in [5.41, 5.74) is 0. The molecule has 0 heterocycles. The van der Waals surface area contributed by atoms with E-state index in [1.165, 1.54) is 19.3 Å². The van der Waals surface area contributed by atoms with Crippen LogP contribution < -0.4 is 0 Å². The van der Waals surface area contributed by atoms with Gasteiger partial charge in [-0.3, -0.25) is 9.69 Å². The van der Waals surface area contributed by atoms with Gasteiger partial charge in [0.1, 0.15) is 0 Å². The number of carbonyl (C=O) groups is 1. The number of carboxylic acid groups (broad SMARTS) is 1. The summed E-state index contributed by atoms with van der Waals surface area (Å²) in [6.07, 6.45) is 6.53. The highest BCUT2D eigenvalue weighted by molar-refractivity contribution is 5.71. The fourth-order valence-electron chi connectivity index (χ4n) is 3.13. The Morgan fingerprint density at radius 2 is 1.55 bits per heavy atom. The molecule has 1 aliphatic carbocycles. The molecule has 1 fully saturated rings. The van der Waals surface area contributed by atoms with Crippen LogP contribution in [0, 0.1) is 17.8 Å². The molecule has 3 heteroatoms. The van der Waals surface area contributed by atoms with E-state index in [1.54, 1.807) is 0 Å². The van der Waals surface area contributed by atoms with E-state index < -0.39 is 5.97 Å². The van der Waals surface area contributed by atoms with Gasteiger partial charge in [0, 0.05) is 6.04 Å². The second kappa shape index (κ2) is 8.66. The van der Waals surface area contributed by atoms with E-state index in [0.717, 1.165) is 32.4 Å². The molecule has 0 saturated heterocycles. The van der Waals surface area contributed by atoms with Gasteiger partial charge in [-0.15, -0.1) is 0 Å². The number of carboxylic acids is 1. The van der Waals surface area contributed by atoms with E-state index in [-0.39, 0.29) is 12.0 Å². The predicted octanol–water partition coefficient (Wildman–Crippen LogP) is 4.02. The Morgan fingerprint density at radius 3 is 2.00 bits per heavy atom. The Hall–Kier alpha value is -0.570. The van der Waals surface area contributed by atoms with Crippen LogP contribution in [0.2, 0.25) is 0 Å². The Kier molecular flexibility index (Phi) is 7.57. The summed E-state index contributed by atoms with van der Waals surface area (Å²) in [4.78, 5) is 14.0. The number of aliphatic carboxylic acids is 1. The first-order chi connectivity index (χ1) is 9.41. The maximum atomic E-state index is 11.5. The molecule has 0 aromatic heterocycles. The van der Waals surface area contributed by atoms with Crippen molar-refractivity contribution < 1.29 is 9.90 Å². The van der Waals surface area contributed by atoms with E-state index in [4.69, 9.17) is 0 Å². The number of rotatable bonds is 8. The third-order valence-electron chi connectivity index (χ3n) is 4.50. The molecule has 0 aromatic rings. The molecule has 0 amide bonds. The van der Waals surface area contributed by atoms with Gasteiger partial charge in [0.2, 0.25) is 0 Å². The summed E-state index contributed by atoms with van der Waals surface area (Å²) < 4.78 is 0. The lowest BCUT2D eigenvalue weighted by atomic mass is 9.83. The van der Waals surface area contributed by atoms with Gasteiger partial charge < -0.3 is 5.11 Å². The summed E-state index contributed by atoms with van der Waals surface area (Å²) in [5, 5.41) is 9.49. The highest BCUT2D eigenvalue weighted by Crippen LogP contribution is 2.29. The highest BCUT2D eigenvalue weighted by atomic mass is 16.4. The predicted molar refractivity (Wildman–Crippen MR) is 83.9 cm³/mol. The van der Waals surface area contributed by atoms with Crippen molar-refractivity contribution in [3.05, 3.63) is 0 Å². The third kappa shape index (κ3) is 5.82. The molecule has 0 bridgehead atoms. The maximum Gasteiger partial charge on any atom is 0.308 e. The van der Waals surface area contributed by atoms with E-state index >= 15 is 0 Å². The molecule has 0 radical (unpaired) electrons. The Morgan fingerprint density at radius 1 is 1.05 bits per heavy atom. The molecule has 3 nitrogen and oxygen atoms in total. The molecule has 1 rings (SSSR count). The normalized spacial score (nSPS) is 23.8. The fraction of sp³-hybridized carbons (Fsp3) is 0.941. The van der Waals surface area contributed by atoms with Crippen LogP contribution in [0.1, 0.15) is 66.2 Å². The topological polar surface area (TPSA) is 40.5 Å². The van der Waals surface area contributed by atoms with E-state index in [0.29, 0.717) is 11.8 Å². The van der Waals surface area contributed by atoms with E-state index in [1.807, 2.05) is 0 Å². The summed E-state index contributed by atoms with van der Waals surface area (Å²) >= 11 is 0. The first-order valence-corrected chi connectivity index (χ1v) is 8.38. The molecule has 20 heavy (non-hydrogen) atoms. The minimum atomic E-state index is -0.589. The van der Waals surface area contributed by atoms with Gasteiger partial charge in [-0.2, -0.15) is 0 Å². The summed E-state index contributed by atoms with van der Waals surface area (Å²) in [5.74, 6) is 0.628. The minimum absolute atomic E-state index is 0.150. The van der Waals surface area contributed by atoms with Gasteiger partial charge in [-0.1, -0.05) is 40.5 Å². The average molecular weight is 283 g/mol. The van der Waals surface area contributed by atoms with Gasteiger partial charge in [-0.25, -0.2) is 0 Å². The van der Waals surface area contributed by atoms with Gasteiger partial charge in [-0.05, 0) is 50.6 Å². The average Bonchev–Trinajstić information content (AvgIpc) is 2.38. The van der Waals surface area contributed by atoms with Gasteiger partial charge in [0.15, 0.2) is 0 Å². The SMILES string of the molecule is CC(C)CCN(CCC(C)C)C1CCCCC1C(=O)O. The lowest BCUT2D eigenvalue weighted by molar-refractivity contribution is -0.145. The standard InChI is InChI=1S/C17H33NO2/c1-13(2)9-11-18(12-10-14(3)4)16-8-6-5-7-15(16)17(19)20/h13-16H,5-12H2,1-4H3,(H,19,20). The molecule has 118 valence electrons. The van der Waals surface area contributed by atoms with Crippen LogP contribution in [0.4, 0.5) is 0 Å². The van der Waals surface area contributed by atoms with Crippen LogP contribution in [0.15, 0.2) is 0 Å². The quantitative estimate of drug-likeness (QED) is 0.731. The summed E-state index contributed by atoms with van der Waals surface area (Å²) in [6.45, 7) is 11.1. The maximum absolute atomic E-state index is 11.5. The second-order valence-corrected chi connectivity index (χ2v) is 7.20. The Balaban J connectivity index is 2.68. The molecular weight excluding hydrogens is 250 g/mol. The molecule has 2 unspecified atom stereocenters. The molecule has 1 N–H and O–H groups in total. The van der Waals surface area contributed by atoms with Crippen LogP contribution in [0.25, 0.3) is 0 Å². The van der Waals surface area contributed by atoms with Gasteiger partial charge >= 0.3 is 5.97 Å². The highest BCUT2D eigenvalue weighted by Gasteiger charge is 2.34. The van der Waals surface area contributed by atoms with Crippen molar-refractivity contribution in [1.29, 1.82) is 0 Å². The lowest BCUT2D eigenvalue weighted by Gasteiger charge is -2.39. The van der Waals surface area contributed by atoms with E-state index in [2.05, 4.69) is 32.6 Å². The summed E-state index contributed by atoms with van der Waals surface area (Å²) in [6, 6.07) is 0.263. The van der Waals surface area contributed by atoms with Crippen LogP contribution in [0.5, 0.6) is 0 Å². The molecule has 0 aliphatic heterocycles. The minimum Gasteiger partial charge on any atom is -0.481 e. The van der Waals surface area contributed by atoms with Crippen molar-refractivity contribution in [2.45, 2.75) is 72.3 Å². The van der Waals surface area contributed by atoms with Crippen molar-refractivity contribution in [2.24, 2.45) is 17.8 Å². The zero-order valence-corrected chi connectivity index (χ0v) is 13.8. The molecule has 2 atom stereocenters. The Labute approximate surface area is 124 Å². The van der Waals surface area contributed by atoms with Crippen LogP contribution in [0.3, 0.4) is 0 Å². The zero-order chi connectivity index (χ0) is 15.1. The molecule has 0 spiro atoms. The third-order valence-corrected chi connectivity index (χ3v) is 4.50.